The van der Waals surface area contributed by atoms with E-state index in [9.17, 15) is 14.3 Å². The molecule has 0 bridgehead atoms. The Kier molecular flexibility index (Phi) is 8.82. The molecule has 0 saturated carbocycles. The molecule has 3 aromatic carbocycles. The number of aryl methyl sites for hydroxylation is 1. The van der Waals surface area contributed by atoms with Crippen LogP contribution in [0.1, 0.15) is 50.8 Å². The van der Waals surface area contributed by atoms with Gasteiger partial charge in [0.05, 0.1) is 41.1 Å². The summed E-state index contributed by atoms with van der Waals surface area (Å²) in [6, 6.07) is 16.0. The van der Waals surface area contributed by atoms with Crippen molar-refractivity contribution in [2.45, 2.75) is 39.0 Å². The third-order valence-corrected chi connectivity index (χ3v) is 8.72. The van der Waals surface area contributed by atoms with Crippen LogP contribution in [0.4, 0.5) is 13.2 Å². The number of halogens is 3. The van der Waals surface area contributed by atoms with E-state index in [1.807, 2.05) is 23.1 Å². The van der Waals surface area contributed by atoms with Crippen LogP contribution in [0.15, 0.2) is 72.9 Å². The molecule has 1 fully saturated rings. The molecule has 1 aliphatic rings. The highest BCUT2D eigenvalue weighted by Gasteiger charge is 2.24. The van der Waals surface area contributed by atoms with E-state index >= 15 is 8.78 Å². The molecule has 0 radical (unpaired) electrons. The highest BCUT2D eigenvalue weighted by molar-refractivity contribution is 5.92. The van der Waals surface area contributed by atoms with Crippen molar-refractivity contribution >= 4 is 17.0 Å². The van der Waals surface area contributed by atoms with E-state index < -0.39 is 23.4 Å². The number of hydrogen-bond donors (Lipinski definition) is 1. The summed E-state index contributed by atoms with van der Waals surface area (Å²) in [5, 5.41) is 9.50. The van der Waals surface area contributed by atoms with Crippen LogP contribution in [-0.4, -0.2) is 47.9 Å². The van der Waals surface area contributed by atoms with Crippen molar-refractivity contribution in [1.82, 2.24) is 24.1 Å². The van der Waals surface area contributed by atoms with Crippen LogP contribution in [0, 0.1) is 36.2 Å². The number of aromatic nitrogens is 5. The summed E-state index contributed by atoms with van der Waals surface area (Å²) in [6.07, 6.45) is 2.36. The monoisotopic (exact) mass is 677 g/mol. The fraction of sp³-hybridized carbons (Fsp3) is 0.211. The molecule has 6 aromatic rings. The summed E-state index contributed by atoms with van der Waals surface area (Å²) in [5.41, 5.74) is 2.83. The number of rotatable bonds is 9. The van der Waals surface area contributed by atoms with Crippen LogP contribution in [0.25, 0.3) is 22.3 Å². The molecule has 0 aliphatic carbocycles. The van der Waals surface area contributed by atoms with E-state index in [-0.39, 0.29) is 53.0 Å². The molecule has 1 aliphatic heterocycles. The fourth-order valence-corrected chi connectivity index (χ4v) is 5.66. The van der Waals surface area contributed by atoms with Crippen LogP contribution in [-0.2, 0) is 31.4 Å². The average molecular weight is 678 g/mol. The largest absolute Gasteiger partial charge is 0.478 e. The van der Waals surface area contributed by atoms with E-state index in [0.29, 0.717) is 41.3 Å². The number of carboxylic acid groups (broad SMARTS) is 1. The number of imidazole rings is 2. The second-order valence-electron chi connectivity index (χ2n) is 12.0. The zero-order valence-corrected chi connectivity index (χ0v) is 27.1. The molecule has 12 heteroatoms. The Labute approximate surface area is 285 Å². The third-order valence-electron chi connectivity index (χ3n) is 8.72. The summed E-state index contributed by atoms with van der Waals surface area (Å²) < 4.78 is 61.1. The van der Waals surface area contributed by atoms with Crippen molar-refractivity contribution in [3.63, 3.8) is 0 Å². The van der Waals surface area contributed by atoms with Crippen molar-refractivity contribution in [2.75, 3.05) is 6.61 Å². The van der Waals surface area contributed by atoms with Gasteiger partial charge >= 0.3 is 5.97 Å². The SMILES string of the molecule is Cc1ncc(C#Cc2ccc(COc3cccc(-c4cc(F)c(Cc5nc6ccc(C(=O)O)cc6n5CC5CCO5)cc4F)n3)c(F)c2)n1C. The van der Waals surface area contributed by atoms with Crippen molar-refractivity contribution < 1.29 is 32.5 Å². The van der Waals surface area contributed by atoms with Crippen LogP contribution < -0.4 is 4.74 Å². The summed E-state index contributed by atoms with van der Waals surface area (Å²) in [4.78, 5) is 24.8. The Hall–Kier alpha value is -5.93. The zero-order chi connectivity index (χ0) is 34.9. The predicted molar refractivity (Wildman–Crippen MR) is 178 cm³/mol. The van der Waals surface area contributed by atoms with Gasteiger partial charge in [0, 0.05) is 42.8 Å². The Morgan fingerprint density at radius 3 is 2.54 bits per heavy atom. The van der Waals surface area contributed by atoms with Crippen LogP contribution in [0.2, 0.25) is 0 Å². The van der Waals surface area contributed by atoms with E-state index in [4.69, 9.17) is 9.47 Å². The van der Waals surface area contributed by atoms with Gasteiger partial charge in [-0.25, -0.2) is 32.9 Å². The summed E-state index contributed by atoms with van der Waals surface area (Å²) in [5.74, 6) is 4.35. The first-order valence-corrected chi connectivity index (χ1v) is 15.8. The van der Waals surface area contributed by atoms with Crippen LogP contribution >= 0.6 is 0 Å². The van der Waals surface area contributed by atoms with Gasteiger partial charge in [0.25, 0.3) is 0 Å². The molecule has 4 heterocycles. The Morgan fingerprint density at radius 2 is 1.82 bits per heavy atom. The maximum absolute atomic E-state index is 15.6. The summed E-state index contributed by atoms with van der Waals surface area (Å²) in [7, 11) is 1.85. The Bertz CT molecular complexity index is 2330. The molecule has 1 unspecified atom stereocenters. The molecular weight excluding hydrogens is 647 g/mol. The number of pyridine rings is 1. The minimum atomic E-state index is -1.08. The molecule has 0 amide bonds. The van der Waals surface area contributed by atoms with Gasteiger partial charge in [-0.2, -0.15) is 0 Å². The minimum absolute atomic E-state index is 0.0393. The Morgan fingerprint density at radius 1 is 1.00 bits per heavy atom. The van der Waals surface area contributed by atoms with Gasteiger partial charge in [-0.1, -0.05) is 18.1 Å². The molecule has 9 nitrogen and oxygen atoms in total. The summed E-state index contributed by atoms with van der Waals surface area (Å²) in [6.45, 7) is 2.75. The van der Waals surface area contributed by atoms with Gasteiger partial charge in [0.15, 0.2) is 0 Å². The number of benzene rings is 3. The number of ether oxygens (including phenoxy) is 2. The van der Waals surface area contributed by atoms with E-state index in [0.717, 1.165) is 24.4 Å². The zero-order valence-electron chi connectivity index (χ0n) is 27.1. The van der Waals surface area contributed by atoms with Crippen LogP contribution in [0.5, 0.6) is 5.88 Å². The molecular formula is C38H30F3N5O4. The van der Waals surface area contributed by atoms with Crippen molar-refractivity contribution in [3.8, 4) is 29.0 Å². The average Bonchev–Trinajstić information content (AvgIpc) is 3.59. The van der Waals surface area contributed by atoms with Crippen LogP contribution in [0.3, 0.4) is 0 Å². The van der Waals surface area contributed by atoms with Gasteiger partial charge in [0.1, 0.15) is 41.4 Å². The standard InChI is InChI=1S/C38H30F3N5O4/c1-22-42-19-27(45(22)2)10-7-23-6-8-25(30(39)14-23)21-50-37-5-3-4-33(44-37)29-18-31(40)26(15-32(29)41)17-36-43-34-11-9-24(38(47)48)16-35(34)46(36)20-28-12-13-49-28/h3-6,8-9,11,14-16,18-19,28H,12-13,17,20-21H2,1-2H3,(H,47,48). The van der Waals surface area contributed by atoms with E-state index in [2.05, 4.69) is 26.8 Å². The fourth-order valence-electron chi connectivity index (χ4n) is 5.66. The number of carboxylic acids is 1. The maximum atomic E-state index is 15.6. The lowest BCUT2D eigenvalue weighted by molar-refractivity contribution is -0.0589. The highest BCUT2D eigenvalue weighted by Crippen LogP contribution is 2.29. The van der Waals surface area contributed by atoms with E-state index in [1.165, 1.54) is 24.3 Å². The molecule has 1 saturated heterocycles. The van der Waals surface area contributed by atoms with Gasteiger partial charge in [-0.05, 0) is 73.4 Å². The topological polar surface area (TPSA) is 104 Å². The molecule has 1 N–H and O–H groups in total. The smallest absolute Gasteiger partial charge is 0.335 e. The predicted octanol–water partition coefficient (Wildman–Crippen LogP) is 6.61. The highest BCUT2D eigenvalue weighted by atomic mass is 19.1. The maximum Gasteiger partial charge on any atom is 0.335 e. The Balaban J connectivity index is 1.08. The van der Waals surface area contributed by atoms with Crippen molar-refractivity contribution in [3.05, 3.63) is 130 Å². The van der Waals surface area contributed by atoms with Gasteiger partial charge in [-0.15, -0.1) is 0 Å². The second-order valence-corrected chi connectivity index (χ2v) is 12.0. The molecule has 50 heavy (non-hydrogen) atoms. The van der Waals surface area contributed by atoms with Gasteiger partial charge in [-0.3, -0.25) is 0 Å². The molecule has 3 aromatic heterocycles. The van der Waals surface area contributed by atoms with Crippen molar-refractivity contribution in [1.29, 1.82) is 0 Å². The first-order chi connectivity index (χ1) is 24.1. The molecule has 7 rings (SSSR count). The first-order valence-electron chi connectivity index (χ1n) is 15.8. The third kappa shape index (κ3) is 6.68. The minimum Gasteiger partial charge on any atom is -0.478 e. The number of hydrogen-bond acceptors (Lipinski definition) is 6. The second kappa shape index (κ2) is 13.5. The number of aromatic carboxylic acids is 1. The normalized spacial score (nSPS) is 13.9. The molecule has 1 atom stereocenters. The lowest BCUT2D eigenvalue weighted by atomic mass is 10.0. The number of carbonyl (C=O) groups is 1. The number of fused-ring (bicyclic) bond motifs is 1. The summed E-state index contributed by atoms with van der Waals surface area (Å²) >= 11 is 0. The molecule has 252 valence electrons. The lowest BCUT2D eigenvalue weighted by Gasteiger charge is -2.27. The molecule has 0 spiro atoms. The number of nitrogens with zero attached hydrogens (tertiary/aromatic N) is 5. The lowest BCUT2D eigenvalue weighted by Crippen LogP contribution is -2.31. The van der Waals surface area contributed by atoms with Crippen molar-refractivity contribution in [2.24, 2.45) is 7.05 Å². The van der Waals surface area contributed by atoms with Gasteiger partial charge in [0.2, 0.25) is 5.88 Å². The quantitative estimate of drug-likeness (QED) is 0.172. The van der Waals surface area contributed by atoms with Gasteiger partial charge < -0.3 is 23.7 Å². The first kappa shape index (κ1) is 32.6. The van der Waals surface area contributed by atoms with E-state index in [1.54, 1.807) is 36.5 Å².